The van der Waals surface area contributed by atoms with Gasteiger partial charge in [0.15, 0.2) is 0 Å². The van der Waals surface area contributed by atoms with Crippen molar-refractivity contribution in [1.82, 2.24) is 0 Å². The van der Waals surface area contributed by atoms with Crippen molar-refractivity contribution in [2.45, 2.75) is 0 Å². The zero-order chi connectivity index (χ0) is 3.41. The minimum atomic E-state index is -0.375. The summed E-state index contributed by atoms with van der Waals surface area (Å²) in [6.45, 7) is -0.375. The Morgan fingerprint density at radius 1 is 1.67 bits per heavy atom. The average Bonchev–Trinajstić information content (AvgIpc) is 1.37. The standard InChI is InChI=1S/C2H3NO.CH3.V/c3-1-2-4;;/h4H,2H2;1H3;/q;-1;. The molecule has 35 valence electrons. The van der Waals surface area contributed by atoms with Crippen molar-refractivity contribution in [2.24, 2.45) is 0 Å². The third-order valence-electron chi connectivity index (χ3n) is 0.0707. The summed E-state index contributed by atoms with van der Waals surface area (Å²) in [6, 6.07) is 1.49. The third kappa shape index (κ3) is 34.7. The molecular formula is C3H6NOV-. The van der Waals surface area contributed by atoms with Gasteiger partial charge in [0.25, 0.3) is 0 Å². The third-order valence-corrected chi connectivity index (χ3v) is 0.0707. The van der Waals surface area contributed by atoms with Crippen LogP contribution in [0.25, 0.3) is 0 Å². The van der Waals surface area contributed by atoms with Crippen LogP contribution in [-0.4, -0.2) is 11.7 Å². The molecule has 0 heterocycles. The van der Waals surface area contributed by atoms with Gasteiger partial charge in [-0.15, -0.1) is 0 Å². The number of nitrogens with zero attached hydrogens (tertiary/aromatic N) is 1. The summed E-state index contributed by atoms with van der Waals surface area (Å²) in [4.78, 5) is 0. The van der Waals surface area contributed by atoms with Gasteiger partial charge in [0.2, 0.25) is 0 Å². The molecule has 0 aliphatic heterocycles. The molecule has 6 heavy (non-hydrogen) atoms. The minimum absolute atomic E-state index is 0. The smallest absolute Gasteiger partial charge is 0.130 e. The molecule has 0 saturated heterocycles. The van der Waals surface area contributed by atoms with Crippen LogP contribution in [0.1, 0.15) is 0 Å². The van der Waals surface area contributed by atoms with Gasteiger partial charge in [-0.2, -0.15) is 5.26 Å². The van der Waals surface area contributed by atoms with E-state index in [2.05, 4.69) is 0 Å². The second-order valence-electron chi connectivity index (χ2n) is 0.316. The first-order chi connectivity index (χ1) is 1.91. The molecule has 2 nitrogen and oxygen atoms in total. The van der Waals surface area contributed by atoms with Crippen LogP contribution in [0.5, 0.6) is 0 Å². The van der Waals surface area contributed by atoms with Crippen LogP contribution in [0.2, 0.25) is 0 Å². The fraction of sp³-hybridized carbons (Fsp3) is 0.333. The number of aliphatic hydroxyl groups excluding tert-OH is 1. The summed E-state index contributed by atoms with van der Waals surface area (Å²) < 4.78 is 0. The number of aliphatic hydroxyl groups is 1. The van der Waals surface area contributed by atoms with Gasteiger partial charge in [0.1, 0.15) is 6.61 Å². The first-order valence-corrected chi connectivity index (χ1v) is 0.893. The predicted octanol–water partition coefficient (Wildman–Crippen LogP) is -0.0499. The van der Waals surface area contributed by atoms with Crippen LogP contribution in [0.3, 0.4) is 0 Å². The fourth-order valence-corrected chi connectivity index (χ4v) is 0. The van der Waals surface area contributed by atoms with E-state index in [0.29, 0.717) is 0 Å². The normalized spacial score (nSPS) is 3.33. The second kappa shape index (κ2) is 19.8. The van der Waals surface area contributed by atoms with Crippen molar-refractivity contribution in [1.29, 1.82) is 5.26 Å². The molecule has 0 rings (SSSR count). The van der Waals surface area contributed by atoms with E-state index in [9.17, 15) is 0 Å². The summed E-state index contributed by atoms with van der Waals surface area (Å²) in [5.74, 6) is 0. The Hall–Kier alpha value is 0.0344. The maximum absolute atomic E-state index is 7.51. The summed E-state index contributed by atoms with van der Waals surface area (Å²) >= 11 is 0. The van der Waals surface area contributed by atoms with E-state index >= 15 is 0 Å². The zero-order valence-corrected chi connectivity index (χ0v) is 4.95. The van der Waals surface area contributed by atoms with E-state index in [0.717, 1.165) is 0 Å². The number of rotatable bonds is 0. The van der Waals surface area contributed by atoms with Crippen LogP contribution in [0.15, 0.2) is 0 Å². The number of hydrogen-bond donors (Lipinski definition) is 1. The van der Waals surface area contributed by atoms with Gasteiger partial charge in [0, 0.05) is 18.6 Å². The first kappa shape index (κ1) is 16.6. The van der Waals surface area contributed by atoms with E-state index in [1.807, 2.05) is 0 Å². The molecule has 0 aliphatic carbocycles. The molecular weight excluding hydrogens is 117 g/mol. The van der Waals surface area contributed by atoms with Crippen molar-refractivity contribution < 1.29 is 23.7 Å². The number of hydrogen-bond acceptors (Lipinski definition) is 2. The van der Waals surface area contributed by atoms with Gasteiger partial charge in [-0.25, -0.2) is 0 Å². The van der Waals surface area contributed by atoms with Crippen molar-refractivity contribution in [3.05, 3.63) is 7.43 Å². The van der Waals surface area contributed by atoms with Gasteiger partial charge in [0.05, 0.1) is 6.07 Å². The predicted molar refractivity (Wildman–Crippen MR) is 19.1 cm³/mol. The Morgan fingerprint density at radius 2 is 1.83 bits per heavy atom. The van der Waals surface area contributed by atoms with E-state index in [-0.39, 0.29) is 32.6 Å². The largest absolute Gasteiger partial charge is 0.381 e. The summed E-state index contributed by atoms with van der Waals surface area (Å²) in [7, 11) is 0. The van der Waals surface area contributed by atoms with E-state index in [4.69, 9.17) is 10.4 Å². The molecule has 0 amide bonds. The molecule has 3 heteroatoms. The monoisotopic (exact) mass is 123 g/mol. The molecule has 0 aromatic carbocycles. The quantitative estimate of drug-likeness (QED) is 0.362. The van der Waals surface area contributed by atoms with E-state index in [1.54, 1.807) is 0 Å². The Labute approximate surface area is 49.7 Å². The van der Waals surface area contributed by atoms with E-state index < -0.39 is 0 Å². The molecule has 0 aromatic rings. The van der Waals surface area contributed by atoms with Gasteiger partial charge in [-0.1, -0.05) is 0 Å². The molecule has 0 unspecified atom stereocenters. The van der Waals surface area contributed by atoms with Gasteiger partial charge < -0.3 is 12.5 Å². The Bertz CT molecular complexity index is 40.5. The van der Waals surface area contributed by atoms with Crippen molar-refractivity contribution in [2.75, 3.05) is 6.61 Å². The molecule has 0 bridgehead atoms. The van der Waals surface area contributed by atoms with Crippen molar-refractivity contribution >= 4 is 0 Å². The first-order valence-electron chi connectivity index (χ1n) is 0.893. The molecule has 0 spiro atoms. The molecule has 0 aliphatic rings. The molecule has 1 N–H and O–H groups in total. The Morgan fingerprint density at radius 3 is 1.83 bits per heavy atom. The molecule has 0 aromatic heterocycles. The second-order valence-corrected chi connectivity index (χ2v) is 0.316. The van der Waals surface area contributed by atoms with Crippen molar-refractivity contribution in [3.63, 3.8) is 0 Å². The fourth-order valence-electron chi connectivity index (χ4n) is 0. The van der Waals surface area contributed by atoms with Crippen LogP contribution >= 0.6 is 0 Å². The van der Waals surface area contributed by atoms with Gasteiger partial charge >= 0.3 is 0 Å². The van der Waals surface area contributed by atoms with Gasteiger partial charge in [-0.05, 0) is 0 Å². The maximum Gasteiger partial charge on any atom is 0.130 e. The SMILES string of the molecule is N#CCO.[CH3-].[V]. The Balaban J connectivity index is -0.0000000450. The number of nitriles is 1. The van der Waals surface area contributed by atoms with Crippen LogP contribution in [0.4, 0.5) is 0 Å². The summed E-state index contributed by atoms with van der Waals surface area (Å²) in [5, 5.41) is 14.9. The summed E-state index contributed by atoms with van der Waals surface area (Å²) in [5.41, 5.74) is 0. The van der Waals surface area contributed by atoms with Crippen LogP contribution in [0, 0.1) is 18.8 Å². The van der Waals surface area contributed by atoms with Crippen molar-refractivity contribution in [3.8, 4) is 6.07 Å². The Kier molecular flexibility index (Phi) is 54.8. The molecule has 0 saturated carbocycles. The summed E-state index contributed by atoms with van der Waals surface area (Å²) in [6.07, 6.45) is 0. The zero-order valence-electron chi connectivity index (χ0n) is 3.55. The van der Waals surface area contributed by atoms with Crippen LogP contribution in [-0.2, 0) is 18.6 Å². The van der Waals surface area contributed by atoms with Gasteiger partial charge in [-0.3, -0.25) is 0 Å². The topological polar surface area (TPSA) is 44.0 Å². The minimum Gasteiger partial charge on any atom is -0.381 e. The molecule has 0 atom stereocenters. The van der Waals surface area contributed by atoms with Crippen LogP contribution < -0.4 is 0 Å². The molecule has 0 fully saturated rings. The van der Waals surface area contributed by atoms with E-state index in [1.165, 1.54) is 6.07 Å². The maximum atomic E-state index is 7.51. The average molecular weight is 123 g/mol. The molecule has 1 radical (unpaired) electrons.